The third-order valence-electron chi connectivity index (χ3n) is 2.23. The van der Waals surface area contributed by atoms with E-state index in [1.165, 1.54) is 17.3 Å². The van der Waals surface area contributed by atoms with Gasteiger partial charge in [0.2, 0.25) is 0 Å². The van der Waals surface area contributed by atoms with Gasteiger partial charge in [0.25, 0.3) is 11.8 Å². The number of carbonyl (C=O) groups is 1. The van der Waals surface area contributed by atoms with Crippen molar-refractivity contribution in [3.05, 3.63) is 48.4 Å². The second kappa shape index (κ2) is 5.27. The molecule has 0 fully saturated rings. The minimum Gasteiger partial charge on any atom is -0.437 e. The molecule has 0 saturated carbocycles. The summed E-state index contributed by atoms with van der Waals surface area (Å²) in [5.74, 6) is 0.585. The molecule has 1 heterocycles. The number of ether oxygens (including phenoxy) is 1. The zero-order chi connectivity index (χ0) is 13.0. The molecule has 1 aromatic carbocycles. The average Bonchev–Trinajstić information content (AvgIpc) is 2.39. The molecule has 2 rings (SSSR count). The smallest absolute Gasteiger partial charge is 0.277 e. The van der Waals surface area contributed by atoms with Crippen LogP contribution in [0.15, 0.2) is 42.7 Å². The van der Waals surface area contributed by atoms with Crippen LogP contribution in [0.3, 0.4) is 0 Å². The summed E-state index contributed by atoms with van der Waals surface area (Å²) < 4.78 is 5.56. The predicted octanol–water partition coefficient (Wildman–Crippen LogP) is 1.97. The SMILES string of the molecule is CN(C)C(=O)c1nccnc1Oc1ccccc1. The van der Waals surface area contributed by atoms with E-state index < -0.39 is 0 Å². The van der Waals surface area contributed by atoms with E-state index in [9.17, 15) is 4.79 Å². The predicted molar refractivity (Wildman–Crippen MR) is 66.6 cm³/mol. The van der Waals surface area contributed by atoms with Crippen molar-refractivity contribution < 1.29 is 9.53 Å². The van der Waals surface area contributed by atoms with Gasteiger partial charge < -0.3 is 9.64 Å². The second-order valence-electron chi connectivity index (χ2n) is 3.82. The molecule has 5 nitrogen and oxygen atoms in total. The van der Waals surface area contributed by atoms with Gasteiger partial charge in [-0.05, 0) is 12.1 Å². The summed E-state index contributed by atoms with van der Waals surface area (Å²) in [5, 5.41) is 0. The van der Waals surface area contributed by atoms with E-state index >= 15 is 0 Å². The Labute approximate surface area is 105 Å². The molecule has 0 bridgehead atoms. The van der Waals surface area contributed by atoms with E-state index in [4.69, 9.17) is 4.74 Å². The number of nitrogens with zero attached hydrogens (tertiary/aromatic N) is 3. The maximum absolute atomic E-state index is 11.9. The summed E-state index contributed by atoms with van der Waals surface area (Å²) in [7, 11) is 3.31. The molecule has 0 spiro atoms. The monoisotopic (exact) mass is 243 g/mol. The van der Waals surface area contributed by atoms with Crippen LogP contribution in [0.5, 0.6) is 11.6 Å². The fourth-order valence-electron chi connectivity index (χ4n) is 1.36. The van der Waals surface area contributed by atoms with Crippen LogP contribution in [0.4, 0.5) is 0 Å². The van der Waals surface area contributed by atoms with E-state index in [0.29, 0.717) is 5.75 Å². The molecule has 18 heavy (non-hydrogen) atoms. The quantitative estimate of drug-likeness (QED) is 0.827. The van der Waals surface area contributed by atoms with Gasteiger partial charge in [-0.25, -0.2) is 9.97 Å². The van der Waals surface area contributed by atoms with Gasteiger partial charge in [0.05, 0.1) is 0 Å². The minimum atomic E-state index is -0.242. The highest BCUT2D eigenvalue weighted by atomic mass is 16.5. The number of hydrogen-bond acceptors (Lipinski definition) is 4. The van der Waals surface area contributed by atoms with Crippen LogP contribution >= 0.6 is 0 Å². The van der Waals surface area contributed by atoms with E-state index in [-0.39, 0.29) is 17.5 Å². The lowest BCUT2D eigenvalue weighted by molar-refractivity contribution is 0.0818. The molecule has 92 valence electrons. The first kappa shape index (κ1) is 12.0. The standard InChI is InChI=1S/C13H13N3O2/c1-16(2)13(17)11-12(15-9-8-14-11)18-10-6-4-3-5-7-10/h3-9H,1-2H3. The van der Waals surface area contributed by atoms with Crippen molar-refractivity contribution >= 4 is 5.91 Å². The number of carbonyl (C=O) groups excluding carboxylic acids is 1. The largest absolute Gasteiger partial charge is 0.437 e. The lowest BCUT2D eigenvalue weighted by atomic mass is 10.3. The number of aromatic nitrogens is 2. The van der Waals surface area contributed by atoms with Gasteiger partial charge in [-0.2, -0.15) is 0 Å². The maximum Gasteiger partial charge on any atom is 0.277 e. The third kappa shape index (κ3) is 2.63. The van der Waals surface area contributed by atoms with Crippen molar-refractivity contribution in [3.63, 3.8) is 0 Å². The van der Waals surface area contributed by atoms with Gasteiger partial charge in [-0.15, -0.1) is 0 Å². The molecule has 0 saturated heterocycles. The maximum atomic E-state index is 11.9. The van der Waals surface area contributed by atoms with Crippen molar-refractivity contribution in [3.8, 4) is 11.6 Å². The molecule has 0 radical (unpaired) electrons. The lowest BCUT2D eigenvalue weighted by Crippen LogP contribution is -2.23. The Morgan fingerprint density at radius 3 is 2.44 bits per heavy atom. The third-order valence-corrected chi connectivity index (χ3v) is 2.23. The summed E-state index contributed by atoms with van der Waals surface area (Å²) in [5.41, 5.74) is 0.200. The van der Waals surface area contributed by atoms with Gasteiger partial charge in [0.1, 0.15) is 5.75 Å². The number of hydrogen-bond donors (Lipinski definition) is 0. The topological polar surface area (TPSA) is 55.3 Å². The van der Waals surface area contributed by atoms with Crippen molar-refractivity contribution in [1.82, 2.24) is 14.9 Å². The molecular weight excluding hydrogens is 230 g/mol. The van der Waals surface area contributed by atoms with Crippen LogP contribution < -0.4 is 4.74 Å². The highest BCUT2D eigenvalue weighted by Crippen LogP contribution is 2.21. The molecule has 0 aliphatic heterocycles. The van der Waals surface area contributed by atoms with Gasteiger partial charge in [0, 0.05) is 26.5 Å². The van der Waals surface area contributed by atoms with Crippen LogP contribution in [0.2, 0.25) is 0 Å². The molecule has 0 N–H and O–H groups in total. The van der Waals surface area contributed by atoms with Gasteiger partial charge in [-0.3, -0.25) is 4.79 Å². The van der Waals surface area contributed by atoms with Crippen molar-refractivity contribution in [1.29, 1.82) is 0 Å². The first-order chi connectivity index (χ1) is 8.68. The Kier molecular flexibility index (Phi) is 3.52. The molecule has 2 aromatic rings. The van der Waals surface area contributed by atoms with E-state index in [1.807, 2.05) is 18.2 Å². The Morgan fingerprint density at radius 2 is 1.78 bits per heavy atom. The molecule has 0 unspecified atom stereocenters. The summed E-state index contributed by atoms with van der Waals surface area (Å²) in [6.45, 7) is 0. The molecule has 0 aliphatic carbocycles. The molecular formula is C13H13N3O2. The Bertz CT molecular complexity index is 541. The first-order valence-corrected chi connectivity index (χ1v) is 5.44. The fourth-order valence-corrected chi connectivity index (χ4v) is 1.36. The summed E-state index contributed by atoms with van der Waals surface area (Å²) in [6.07, 6.45) is 2.96. The summed E-state index contributed by atoms with van der Waals surface area (Å²) >= 11 is 0. The van der Waals surface area contributed by atoms with Gasteiger partial charge >= 0.3 is 0 Å². The van der Waals surface area contributed by atoms with Crippen LogP contribution in [0.25, 0.3) is 0 Å². The minimum absolute atomic E-state index is 0.200. The molecule has 0 aliphatic rings. The van der Waals surface area contributed by atoms with Crippen LogP contribution in [-0.4, -0.2) is 34.9 Å². The zero-order valence-electron chi connectivity index (χ0n) is 10.2. The normalized spacial score (nSPS) is 9.89. The first-order valence-electron chi connectivity index (χ1n) is 5.44. The van der Waals surface area contributed by atoms with E-state index in [0.717, 1.165) is 0 Å². The van der Waals surface area contributed by atoms with Crippen LogP contribution in [-0.2, 0) is 0 Å². The summed E-state index contributed by atoms with van der Waals surface area (Å²) in [6, 6.07) is 9.16. The van der Waals surface area contributed by atoms with E-state index in [1.54, 1.807) is 26.2 Å². The Morgan fingerprint density at radius 1 is 1.11 bits per heavy atom. The zero-order valence-corrected chi connectivity index (χ0v) is 10.2. The summed E-state index contributed by atoms with van der Waals surface area (Å²) in [4.78, 5) is 21.4. The number of benzene rings is 1. The Balaban J connectivity index is 2.31. The highest BCUT2D eigenvalue weighted by molar-refractivity contribution is 5.94. The second-order valence-corrected chi connectivity index (χ2v) is 3.82. The Hall–Kier alpha value is -2.43. The number of rotatable bonds is 3. The fraction of sp³-hybridized carbons (Fsp3) is 0.154. The number of para-hydroxylation sites is 1. The lowest BCUT2D eigenvalue weighted by Gasteiger charge is -2.12. The molecule has 0 atom stereocenters. The van der Waals surface area contributed by atoms with Crippen LogP contribution in [0.1, 0.15) is 10.5 Å². The van der Waals surface area contributed by atoms with Gasteiger partial charge in [-0.1, -0.05) is 18.2 Å². The average molecular weight is 243 g/mol. The van der Waals surface area contributed by atoms with Crippen LogP contribution in [0, 0.1) is 0 Å². The van der Waals surface area contributed by atoms with Crippen molar-refractivity contribution in [2.45, 2.75) is 0 Å². The molecule has 5 heteroatoms. The number of amides is 1. The highest BCUT2D eigenvalue weighted by Gasteiger charge is 2.17. The van der Waals surface area contributed by atoms with Crippen molar-refractivity contribution in [2.24, 2.45) is 0 Å². The molecule has 1 aromatic heterocycles. The van der Waals surface area contributed by atoms with E-state index in [2.05, 4.69) is 9.97 Å². The molecule has 1 amide bonds. The van der Waals surface area contributed by atoms with Gasteiger partial charge in [0.15, 0.2) is 5.69 Å². The van der Waals surface area contributed by atoms with Crippen molar-refractivity contribution in [2.75, 3.05) is 14.1 Å².